The first-order valence-corrected chi connectivity index (χ1v) is 11.9. The van der Waals surface area contributed by atoms with Gasteiger partial charge in [0, 0.05) is 12.6 Å². The zero-order chi connectivity index (χ0) is 19.2. The number of sulfone groups is 1. The largest absolute Gasteiger partial charge is 0.310 e. The van der Waals surface area contributed by atoms with Crippen molar-refractivity contribution in [3.8, 4) is 0 Å². The molecule has 26 heavy (non-hydrogen) atoms. The van der Waals surface area contributed by atoms with E-state index in [1.54, 1.807) is 0 Å². The average molecular weight is 380 g/mol. The molecule has 0 amide bonds. The van der Waals surface area contributed by atoms with Crippen LogP contribution in [-0.4, -0.2) is 25.0 Å². The van der Waals surface area contributed by atoms with Gasteiger partial charge in [-0.25, -0.2) is 8.42 Å². The van der Waals surface area contributed by atoms with Crippen LogP contribution >= 0.6 is 0 Å². The number of unbranched alkanes of at least 4 members (excludes halogenated alkanes) is 1. The van der Waals surface area contributed by atoms with Crippen LogP contribution < -0.4 is 5.32 Å². The van der Waals surface area contributed by atoms with Gasteiger partial charge < -0.3 is 5.32 Å². The summed E-state index contributed by atoms with van der Waals surface area (Å²) in [5, 5.41) is 3.66. The first-order chi connectivity index (χ1) is 12.2. The van der Waals surface area contributed by atoms with Crippen LogP contribution in [0.4, 0.5) is 0 Å². The van der Waals surface area contributed by atoms with Gasteiger partial charge in [-0.2, -0.15) is 0 Å². The van der Waals surface area contributed by atoms with E-state index in [-0.39, 0.29) is 0 Å². The summed E-state index contributed by atoms with van der Waals surface area (Å²) in [7, 11) is -3.00. The smallest absolute Gasteiger partial charge is 0.155 e. The first-order valence-electron chi connectivity index (χ1n) is 10.2. The molecule has 1 saturated carbocycles. The Morgan fingerprint density at radius 3 is 2.12 bits per heavy atom. The van der Waals surface area contributed by atoms with E-state index in [2.05, 4.69) is 36.5 Å². The third-order valence-corrected chi connectivity index (χ3v) is 8.45. The summed E-state index contributed by atoms with van der Waals surface area (Å²) < 4.78 is 24.1. The van der Waals surface area contributed by atoms with Crippen LogP contribution in [0.1, 0.15) is 77.3 Å². The van der Waals surface area contributed by atoms with Crippen molar-refractivity contribution in [3.05, 3.63) is 35.4 Å². The number of aryl methyl sites for hydroxylation is 1. The Labute approximate surface area is 160 Å². The summed E-state index contributed by atoms with van der Waals surface area (Å²) in [6.45, 7) is 8.56. The van der Waals surface area contributed by atoms with Crippen molar-refractivity contribution >= 4 is 9.84 Å². The number of rotatable bonds is 8. The lowest BCUT2D eigenvalue weighted by Crippen LogP contribution is -2.37. The number of hydrogen-bond acceptors (Lipinski definition) is 3. The standard InChI is InChI=1S/C22H37NO2S/c1-5-6-7-18-8-10-19(11-9-18)16-23-21-14-12-20(13-15-21)17-26(24,25)22(2,3)4/h8-11,20-21,23H,5-7,12-17H2,1-4H3. The summed E-state index contributed by atoms with van der Waals surface area (Å²) in [6, 6.07) is 9.49. The zero-order valence-corrected chi connectivity index (χ0v) is 17.9. The molecule has 0 unspecified atom stereocenters. The molecule has 1 aromatic carbocycles. The highest BCUT2D eigenvalue weighted by Gasteiger charge is 2.33. The van der Waals surface area contributed by atoms with Crippen molar-refractivity contribution in [2.75, 3.05) is 5.75 Å². The van der Waals surface area contributed by atoms with Crippen LogP contribution in [0.3, 0.4) is 0 Å². The molecule has 1 aliphatic carbocycles. The number of nitrogens with one attached hydrogen (secondary N) is 1. The summed E-state index contributed by atoms with van der Waals surface area (Å²) in [5.41, 5.74) is 2.76. The molecule has 0 radical (unpaired) electrons. The molecule has 0 aliphatic heterocycles. The molecule has 4 heteroatoms. The lowest BCUT2D eigenvalue weighted by molar-refractivity contribution is 0.306. The molecule has 0 heterocycles. The number of hydrogen-bond donors (Lipinski definition) is 1. The highest BCUT2D eigenvalue weighted by molar-refractivity contribution is 7.92. The first kappa shape index (κ1) is 21.4. The third kappa shape index (κ3) is 6.38. The maximum atomic E-state index is 12.4. The molecule has 1 fully saturated rings. The van der Waals surface area contributed by atoms with E-state index in [9.17, 15) is 8.42 Å². The monoisotopic (exact) mass is 379 g/mol. The van der Waals surface area contributed by atoms with Crippen molar-refractivity contribution in [3.63, 3.8) is 0 Å². The lowest BCUT2D eigenvalue weighted by atomic mass is 9.87. The topological polar surface area (TPSA) is 46.2 Å². The second-order valence-electron chi connectivity index (χ2n) is 8.91. The zero-order valence-electron chi connectivity index (χ0n) is 17.1. The van der Waals surface area contributed by atoms with Gasteiger partial charge in [0.2, 0.25) is 0 Å². The fourth-order valence-corrected chi connectivity index (χ4v) is 5.01. The highest BCUT2D eigenvalue weighted by atomic mass is 32.2. The van der Waals surface area contributed by atoms with Crippen LogP contribution in [0.2, 0.25) is 0 Å². The van der Waals surface area contributed by atoms with Gasteiger partial charge in [0.25, 0.3) is 0 Å². The lowest BCUT2D eigenvalue weighted by Gasteiger charge is -2.31. The summed E-state index contributed by atoms with van der Waals surface area (Å²) >= 11 is 0. The predicted octanol–water partition coefficient (Wildman–Crippen LogP) is 4.89. The van der Waals surface area contributed by atoms with Crippen LogP contribution in [0.25, 0.3) is 0 Å². The van der Waals surface area contributed by atoms with E-state index < -0.39 is 14.6 Å². The van der Waals surface area contributed by atoms with Gasteiger partial charge in [0.05, 0.1) is 10.5 Å². The third-order valence-electron chi connectivity index (χ3n) is 5.67. The Morgan fingerprint density at radius 2 is 1.58 bits per heavy atom. The van der Waals surface area contributed by atoms with E-state index in [4.69, 9.17) is 0 Å². The van der Waals surface area contributed by atoms with Crippen molar-refractivity contribution in [1.29, 1.82) is 0 Å². The molecule has 0 bridgehead atoms. The Morgan fingerprint density at radius 1 is 1.00 bits per heavy atom. The van der Waals surface area contributed by atoms with Gasteiger partial charge in [0.1, 0.15) is 0 Å². The van der Waals surface area contributed by atoms with E-state index in [0.717, 1.165) is 32.2 Å². The maximum absolute atomic E-state index is 12.4. The Kier molecular flexibility index (Phi) is 7.72. The summed E-state index contributed by atoms with van der Waals surface area (Å²) in [5.74, 6) is 0.678. The second kappa shape index (κ2) is 9.36. The van der Waals surface area contributed by atoms with E-state index in [1.165, 1.54) is 30.4 Å². The molecule has 0 aromatic heterocycles. The Bertz CT molecular complexity index is 636. The van der Waals surface area contributed by atoms with E-state index in [1.807, 2.05) is 20.8 Å². The SMILES string of the molecule is CCCCc1ccc(CNC2CCC(CS(=O)(=O)C(C)(C)C)CC2)cc1. The minimum atomic E-state index is -3.00. The minimum Gasteiger partial charge on any atom is -0.310 e. The van der Waals surface area contributed by atoms with Gasteiger partial charge in [-0.3, -0.25) is 0 Å². The fourth-order valence-electron chi connectivity index (χ4n) is 3.56. The summed E-state index contributed by atoms with van der Waals surface area (Å²) in [4.78, 5) is 0. The van der Waals surface area contributed by atoms with Crippen molar-refractivity contribution in [2.45, 2.75) is 90.0 Å². The molecule has 1 N–H and O–H groups in total. The van der Waals surface area contributed by atoms with Gasteiger partial charge in [-0.1, -0.05) is 37.6 Å². The molecule has 148 valence electrons. The van der Waals surface area contributed by atoms with E-state index in [0.29, 0.717) is 17.7 Å². The minimum absolute atomic E-state index is 0.329. The van der Waals surface area contributed by atoms with Gasteiger partial charge in [-0.15, -0.1) is 0 Å². The van der Waals surface area contributed by atoms with Gasteiger partial charge >= 0.3 is 0 Å². The highest BCUT2D eigenvalue weighted by Crippen LogP contribution is 2.29. The molecule has 1 aliphatic rings. The Balaban J connectivity index is 1.73. The molecule has 0 spiro atoms. The van der Waals surface area contributed by atoms with Crippen molar-refractivity contribution in [2.24, 2.45) is 5.92 Å². The predicted molar refractivity (Wildman–Crippen MR) is 111 cm³/mol. The van der Waals surface area contributed by atoms with Crippen LogP contribution in [-0.2, 0) is 22.8 Å². The molecule has 2 rings (SSSR count). The normalized spacial score (nSPS) is 21.7. The Hall–Kier alpha value is -0.870. The van der Waals surface area contributed by atoms with Crippen LogP contribution in [0.5, 0.6) is 0 Å². The molecule has 3 nitrogen and oxygen atoms in total. The average Bonchev–Trinajstić information content (AvgIpc) is 2.59. The van der Waals surface area contributed by atoms with Gasteiger partial charge in [0.15, 0.2) is 9.84 Å². The molecule has 1 aromatic rings. The van der Waals surface area contributed by atoms with Gasteiger partial charge in [-0.05, 0) is 76.3 Å². The van der Waals surface area contributed by atoms with Crippen molar-refractivity contribution in [1.82, 2.24) is 5.32 Å². The quantitative estimate of drug-likeness (QED) is 0.699. The molecule has 0 saturated heterocycles. The molecular formula is C22H37NO2S. The van der Waals surface area contributed by atoms with Crippen LogP contribution in [0, 0.1) is 5.92 Å². The summed E-state index contributed by atoms with van der Waals surface area (Å²) in [6.07, 6.45) is 7.87. The van der Waals surface area contributed by atoms with Crippen LogP contribution in [0.15, 0.2) is 24.3 Å². The maximum Gasteiger partial charge on any atom is 0.155 e. The van der Waals surface area contributed by atoms with Crippen molar-refractivity contribution < 1.29 is 8.42 Å². The second-order valence-corrected chi connectivity index (χ2v) is 11.7. The van der Waals surface area contributed by atoms with E-state index >= 15 is 0 Å². The molecular weight excluding hydrogens is 342 g/mol. The fraction of sp³-hybridized carbons (Fsp3) is 0.727. The molecule has 0 atom stereocenters. The number of benzene rings is 1.